The number of likely N-dealkylation sites (tertiary alicyclic amines) is 1. The van der Waals surface area contributed by atoms with Crippen LogP contribution in [0.1, 0.15) is 74.5 Å². The van der Waals surface area contributed by atoms with E-state index in [-0.39, 0.29) is 5.91 Å². The molecule has 1 amide bonds. The van der Waals surface area contributed by atoms with Crippen LogP contribution >= 0.6 is 0 Å². The summed E-state index contributed by atoms with van der Waals surface area (Å²) in [5, 5.41) is 3.47. The topological polar surface area (TPSA) is 58.1 Å². The molecule has 24 heavy (non-hydrogen) atoms. The molecule has 5 heteroatoms. The highest BCUT2D eigenvalue weighted by Crippen LogP contribution is 2.21. The van der Waals surface area contributed by atoms with Crippen LogP contribution in [0, 0.1) is 12.8 Å². The van der Waals surface area contributed by atoms with E-state index in [4.69, 9.17) is 0 Å². The van der Waals surface area contributed by atoms with Crippen molar-refractivity contribution in [3.63, 3.8) is 0 Å². The second-order valence-electron chi connectivity index (χ2n) is 7.53. The van der Waals surface area contributed by atoms with Gasteiger partial charge in [-0.3, -0.25) is 4.79 Å². The van der Waals surface area contributed by atoms with Gasteiger partial charge in [0.05, 0.1) is 0 Å². The number of rotatable bonds is 3. The predicted molar refractivity (Wildman–Crippen MR) is 96.2 cm³/mol. The maximum absolute atomic E-state index is 12.8. The van der Waals surface area contributed by atoms with Gasteiger partial charge in [-0.1, -0.05) is 32.6 Å². The van der Waals surface area contributed by atoms with Crippen molar-refractivity contribution in [2.45, 2.75) is 71.3 Å². The van der Waals surface area contributed by atoms with E-state index in [2.05, 4.69) is 22.2 Å². The Morgan fingerprint density at radius 2 is 1.75 bits per heavy atom. The normalized spacial score (nSPS) is 20.7. The molecule has 1 aliphatic carbocycles. The highest BCUT2D eigenvalue weighted by atomic mass is 16.2. The molecule has 2 fully saturated rings. The zero-order chi connectivity index (χ0) is 16.9. The van der Waals surface area contributed by atoms with E-state index in [1.807, 2.05) is 17.9 Å². The van der Waals surface area contributed by atoms with Gasteiger partial charge in [0.25, 0.3) is 5.91 Å². The van der Waals surface area contributed by atoms with Gasteiger partial charge >= 0.3 is 0 Å². The minimum absolute atomic E-state index is 0.0521. The number of piperidine rings is 1. The number of aromatic nitrogens is 2. The van der Waals surface area contributed by atoms with E-state index in [0.29, 0.717) is 23.6 Å². The van der Waals surface area contributed by atoms with E-state index < -0.39 is 0 Å². The lowest BCUT2D eigenvalue weighted by Crippen LogP contribution is -2.38. The smallest absolute Gasteiger partial charge is 0.272 e. The van der Waals surface area contributed by atoms with Crippen LogP contribution in [-0.2, 0) is 0 Å². The fraction of sp³-hybridized carbons (Fsp3) is 0.737. The largest absolute Gasteiger partial charge is 0.351 e. The average Bonchev–Trinajstić information content (AvgIpc) is 2.83. The first-order chi connectivity index (χ1) is 11.6. The number of anilines is 1. The summed E-state index contributed by atoms with van der Waals surface area (Å²) in [6.45, 7) is 5.88. The first-order valence-electron chi connectivity index (χ1n) is 9.53. The molecule has 0 aromatic carbocycles. The Morgan fingerprint density at radius 3 is 2.42 bits per heavy atom. The lowest BCUT2D eigenvalue weighted by atomic mass is 9.99. The quantitative estimate of drug-likeness (QED) is 0.857. The van der Waals surface area contributed by atoms with Crippen LogP contribution in [0.3, 0.4) is 0 Å². The fourth-order valence-corrected chi connectivity index (χ4v) is 3.72. The summed E-state index contributed by atoms with van der Waals surface area (Å²) in [7, 11) is 0. The molecular formula is C19H30N4O. The number of hydrogen-bond acceptors (Lipinski definition) is 4. The molecule has 3 rings (SSSR count). The first-order valence-corrected chi connectivity index (χ1v) is 9.53. The highest BCUT2D eigenvalue weighted by Gasteiger charge is 2.23. The van der Waals surface area contributed by atoms with Crippen LogP contribution < -0.4 is 5.32 Å². The minimum Gasteiger partial charge on any atom is -0.351 e. The van der Waals surface area contributed by atoms with Gasteiger partial charge in [0, 0.05) is 24.8 Å². The van der Waals surface area contributed by atoms with E-state index >= 15 is 0 Å². The van der Waals surface area contributed by atoms with Gasteiger partial charge in [0.15, 0.2) is 0 Å². The number of amides is 1. The lowest BCUT2D eigenvalue weighted by molar-refractivity contribution is 0.0691. The molecule has 1 saturated heterocycles. The summed E-state index contributed by atoms with van der Waals surface area (Å²) in [4.78, 5) is 23.8. The molecule has 0 atom stereocenters. The van der Waals surface area contributed by atoms with Crippen LogP contribution in [0.25, 0.3) is 0 Å². The van der Waals surface area contributed by atoms with Crippen LogP contribution in [-0.4, -0.2) is 39.9 Å². The lowest BCUT2D eigenvalue weighted by Gasteiger charge is -2.30. The molecule has 2 aliphatic rings. The second-order valence-corrected chi connectivity index (χ2v) is 7.53. The Balaban J connectivity index is 1.69. The van der Waals surface area contributed by atoms with Crippen molar-refractivity contribution in [3.05, 3.63) is 17.5 Å². The number of nitrogens with zero attached hydrogens (tertiary/aromatic N) is 3. The minimum atomic E-state index is 0.0521. The Labute approximate surface area is 145 Å². The highest BCUT2D eigenvalue weighted by molar-refractivity contribution is 5.92. The maximum atomic E-state index is 12.8. The Hall–Kier alpha value is -1.65. The van der Waals surface area contributed by atoms with Crippen LogP contribution in [0.4, 0.5) is 5.95 Å². The molecule has 0 unspecified atom stereocenters. The Bertz CT molecular complexity index is 558. The summed E-state index contributed by atoms with van der Waals surface area (Å²) in [6, 6.07) is 2.26. The van der Waals surface area contributed by atoms with Gasteiger partial charge in [-0.05, 0) is 44.6 Å². The van der Waals surface area contributed by atoms with E-state index in [9.17, 15) is 4.79 Å². The van der Waals surface area contributed by atoms with Crippen molar-refractivity contribution < 1.29 is 4.79 Å². The monoisotopic (exact) mass is 330 g/mol. The van der Waals surface area contributed by atoms with Crippen molar-refractivity contribution in [1.82, 2.24) is 14.9 Å². The molecule has 1 N–H and O–H groups in total. The van der Waals surface area contributed by atoms with Gasteiger partial charge in [-0.15, -0.1) is 0 Å². The standard InChI is InChI=1S/C19H30N4O/c1-14-9-11-23(12-10-14)18(24)17-13-15(2)20-19(22-17)21-16-7-5-3-4-6-8-16/h13-14,16H,3-12H2,1-2H3,(H,20,21,22). The van der Waals surface area contributed by atoms with Crippen LogP contribution in [0.2, 0.25) is 0 Å². The molecule has 0 radical (unpaired) electrons. The number of carbonyl (C=O) groups is 1. The van der Waals surface area contributed by atoms with Crippen molar-refractivity contribution >= 4 is 11.9 Å². The van der Waals surface area contributed by atoms with E-state index in [1.165, 1.54) is 38.5 Å². The summed E-state index contributed by atoms with van der Waals surface area (Å²) < 4.78 is 0. The molecule has 1 aromatic heterocycles. The van der Waals surface area contributed by atoms with Gasteiger partial charge in [0.2, 0.25) is 5.95 Å². The third-order valence-corrected chi connectivity index (χ3v) is 5.33. The Kier molecular flexibility index (Phi) is 5.69. The van der Waals surface area contributed by atoms with Crippen molar-refractivity contribution in [1.29, 1.82) is 0 Å². The third-order valence-electron chi connectivity index (χ3n) is 5.33. The fourth-order valence-electron chi connectivity index (χ4n) is 3.72. The molecule has 1 saturated carbocycles. The maximum Gasteiger partial charge on any atom is 0.272 e. The van der Waals surface area contributed by atoms with Crippen molar-refractivity contribution in [3.8, 4) is 0 Å². The number of hydrogen-bond donors (Lipinski definition) is 1. The zero-order valence-corrected chi connectivity index (χ0v) is 15.1. The molecule has 1 aromatic rings. The summed E-state index contributed by atoms with van der Waals surface area (Å²) >= 11 is 0. The molecule has 132 valence electrons. The van der Waals surface area contributed by atoms with Gasteiger partial charge < -0.3 is 10.2 Å². The SMILES string of the molecule is Cc1cc(C(=O)N2CCC(C)CC2)nc(NC2CCCCCC2)n1. The summed E-state index contributed by atoms with van der Waals surface area (Å²) in [5.41, 5.74) is 1.39. The van der Waals surface area contributed by atoms with Gasteiger partial charge in [-0.2, -0.15) is 0 Å². The van der Waals surface area contributed by atoms with Crippen molar-refractivity contribution in [2.75, 3.05) is 18.4 Å². The molecule has 2 heterocycles. The zero-order valence-electron chi connectivity index (χ0n) is 15.1. The molecule has 0 bridgehead atoms. The number of nitrogens with one attached hydrogen (secondary N) is 1. The van der Waals surface area contributed by atoms with E-state index in [0.717, 1.165) is 31.6 Å². The average molecular weight is 330 g/mol. The summed E-state index contributed by atoms with van der Waals surface area (Å²) in [6.07, 6.45) is 9.69. The molecule has 0 spiro atoms. The van der Waals surface area contributed by atoms with E-state index in [1.54, 1.807) is 0 Å². The summed E-state index contributed by atoms with van der Waals surface area (Å²) in [5.74, 6) is 1.39. The van der Waals surface area contributed by atoms with Gasteiger partial charge in [-0.25, -0.2) is 9.97 Å². The Morgan fingerprint density at radius 1 is 1.08 bits per heavy atom. The third kappa shape index (κ3) is 4.46. The predicted octanol–water partition coefficient (Wildman–Crippen LogP) is 3.79. The van der Waals surface area contributed by atoms with Crippen LogP contribution in [0.15, 0.2) is 6.07 Å². The molecular weight excluding hydrogens is 300 g/mol. The molecule has 5 nitrogen and oxygen atoms in total. The number of aryl methyl sites for hydroxylation is 1. The number of carbonyl (C=O) groups excluding carboxylic acids is 1. The second kappa shape index (κ2) is 7.95. The first kappa shape index (κ1) is 17.2. The van der Waals surface area contributed by atoms with Crippen molar-refractivity contribution in [2.24, 2.45) is 5.92 Å². The molecule has 1 aliphatic heterocycles. The van der Waals surface area contributed by atoms with Crippen LogP contribution in [0.5, 0.6) is 0 Å². The van der Waals surface area contributed by atoms with Gasteiger partial charge in [0.1, 0.15) is 5.69 Å².